The van der Waals surface area contributed by atoms with Gasteiger partial charge in [0.05, 0.1) is 0 Å². The first-order chi connectivity index (χ1) is 11.8. The molecule has 3 heteroatoms. The van der Waals surface area contributed by atoms with Crippen molar-refractivity contribution in [3.63, 3.8) is 0 Å². The van der Waals surface area contributed by atoms with Crippen LogP contribution in [0.15, 0.2) is 54.6 Å². The number of nitrogens with two attached hydrogens (primary N) is 1. The van der Waals surface area contributed by atoms with Crippen molar-refractivity contribution in [2.24, 2.45) is 5.73 Å². The first-order valence-electron chi connectivity index (χ1n) is 8.92. The van der Waals surface area contributed by atoms with Crippen LogP contribution in [0.4, 0.5) is 0 Å². The van der Waals surface area contributed by atoms with Crippen LogP contribution in [0.5, 0.6) is 0 Å². The Morgan fingerprint density at radius 1 is 1.04 bits per heavy atom. The molecule has 0 aromatic heterocycles. The van der Waals surface area contributed by atoms with Crippen molar-refractivity contribution in [2.45, 2.75) is 44.7 Å². The van der Waals surface area contributed by atoms with Crippen LogP contribution in [0.3, 0.4) is 0 Å². The van der Waals surface area contributed by atoms with Gasteiger partial charge in [0.2, 0.25) is 0 Å². The van der Waals surface area contributed by atoms with E-state index in [0.717, 1.165) is 49.8 Å². The second kappa shape index (κ2) is 8.11. The summed E-state index contributed by atoms with van der Waals surface area (Å²) in [4.78, 5) is 14.9. The highest BCUT2D eigenvalue weighted by Gasteiger charge is 2.28. The molecule has 3 nitrogen and oxygen atoms in total. The van der Waals surface area contributed by atoms with E-state index in [2.05, 4.69) is 35.2 Å². The van der Waals surface area contributed by atoms with E-state index in [1.807, 2.05) is 24.3 Å². The molecule has 0 spiro atoms. The molecule has 2 aromatic carbocycles. The summed E-state index contributed by atoms with van der Waals surface area (Å²) in [6.45, 7) is 1.40. The molecule has 0 bridgehead atoms. The zero-order chi connectivity index (χ0) is 16.8. The Labute approximate surface area is 144 Å². The SMILES string of the molecule is NCc1ccc(C(=O)N2CCCC2CCCc2ccccc2)cc1. The van der Waals surface area contributed by atoms with E-state index in [4.69, 9.17) is 5.73 Å². The van der Waals surface area contributed by atoms with Crippen molar-refractivity contribution >= 4 is 5.91 Å². The minimum atomic E-state index is 0.167. The second-order valence-corrected chi connectivity index (χ2v) is 6.57. The van der Waals surface area contributed by atoms with Gasteiger partial charge in [-0.3, -0.25) is 4.79 Å². The Hall–Kier alpha value is -2.13. The fourth-order valence-corrected chi connectivity index (χ4v) is 3.54. The number of nitrogens with zero attached hydrogens (tertiary/aromatic N) is 1. The Morgan fingerprint density at radius 2 is 1.79 bits per heavy atom. The van der Waals surface area contributed by atoms with Gasteiger partial charge in [-0.1, -0.05) is 42.5 Å². The van der Waals surface area contributed by atoms with E-state index in [1.165, 1.54) is 5.56 Å². The number of hydrogen-bond donors (Lipinski definition) is 1. The Morgan fingerprint density at radius 3 is 2.50 bits per heavy atom. The average Bonchev–Trinajstić information content (AvgIpc) is 3.10. The van der Waals surface area contributed by atoms with Crippen molar-refractivity contribution in [3.8, 4) is 0 Å². The van der Waals surface area contributed by atoms with Gasteiger partial charge >= 0.3 is 0 Å². The van der Waals surface area contributed by atoms with Crippen molar-refractivity contribution in [1.29, 1.82) is 0 Å². The molecule has 3 rings (SSSR count). The number of aryl methyl sites for hydroxylation is 1. The summed E-state index contributed by atoms with van der Waals surface area (Å²) < 4.78 is 0. The molecular formula is C21H26N2O. The molecule has 0 radical (unpaired) electrons. The van der Waals surface area contributed by atoms with E-state index in [-0.39, 0.29) is 5.91 Å². The Balaban J connectivity index is 1.57. The van der Waals surface area contributed by atoms with Crippen LogP contribution < -0.4 is 5.73 Å². The van der Waals surface area contributed by atoms with Crippen LogP contribution in [-0.2, 0) is 13.0 Å². The van der Waals surface area contributed by atoms with Gasteiger partial charge in [-0.2, -0.15) is 0 Å². The minimum Gasteiger partial charge on any atom is -0.336 e. The molecule has 0 saturated carbocycles. The molecule has 126 valence electrons. The van der Waals surface area contributed by atoms with Gasteiger partial charge in [0, 0.05) is 24.7 Å². The summed E-state index contributed by atoms with van der Waals surface area (Å²) in [7, 11) is 0. The number of likely N-dealkylation sites (tertiary alicyclic amines) is 1. The van der Waals surface area contributed by atoms with Gasteiger partial charge in [-0.25, -0.2) is 0 Å². The monoisotopic (exact) mass is 322 g/mol. The molecule has 1 fully saturated rings. The number of benzene rings is 2. The summed E-state index contributed by atoms with van der Waals surface area (Å²) in [5.74, 6) is 0.167. The Kier molecular flexibility index (Phi) is 5.65. The van der Waals surface area contributed by atoms with Crippen LogP contribution in [0.1, 0.15) is 47.2 Å². The first-order valence-corrected chi connectivity index (χ1v) is 8.92. The summed E-state index contributed by atoms with van der Waals surface area (Å²) in [6, 6.07) is 18.7. The van der Waals surface area contributed by atoms with Crippen LogP contribution in [-0.4, -0.2) is 23.4 Å². The third-order valence-electron chi connectivity index (χ3n) is 4.92. The van der Waals surface area contributed by atoms with Crippen LogP contribution >= 0.6 is 0 Å². The molecule has 1 heterocycles. The normalized spacial score (nSPS) is 17.2. The highest BCUT2D eigenvalue weighted by Crippen LogP contribution is 2.24. The number of carbonyl (C=O) groups excluding carboxylic acids is 1. The third kappa shape index (κ3) is 4.04. The van der Waals surface area contributed by atoms with Gasteiger partial charge in [0.15, 0.2) is 0 Å². The molecule has 1 aliphatic rings. The topological polar surface area (TPSA) is 46.3 Å². The molecule has 1 saturated heterocycles. The minimum absolute atomic E-state index is 0.167. The summed E-state index contributed by atoms with van der Waals surface area (Å²) in [6.07, 6.45) is 5.54. The summed E-state index contributed by atoms with van der Waals surface area (Å²) in [5.41, 5.74) is 8.85. The fourth-order valence-electron chi connectivity index (χ4n) is 3.54. The number of amides is 1. The highest BCUT2D eigenvalue weighted by molar-refractivity contribution is 5.94. The maximum Gasteiger partial charge on any atom is 0.254 e. The quantitative estimate of drug-likeness (QED) is 0.880. The number of hydrogen-bond acceptors (Lipinski definition) is 2. The molecule has 1 atom stereocenters. The zero-order valence-corrected chi connectivity index (χ0v) is 14.2. The standard InChI is InChI=1S/C21H26N2O/c22-16-18-11-13-19(14-12-18)21(24)23-15-5-10-20(23)9-4-8-17-6-2-1-3-7-17/h1-3,6-7,11-14,20H,4-5,8-10,15-16,22H2. The van der Waals surface area contributed by atoms with E-state index in [9.17, 15) is 4.79 Å². The van der Waals surface area contributed by atoms with E-state index in [0.29, 0.717) is 12.6 Å². The van der Waals surface area contributed by atoms with Crippen molar-refractivity contribution in [2.75, 3.05) is 6.54 Å². The molecule has 0 aliphatic carbocycles. The lowest BCUT2D eigenvalue weighted by molar-refractivity contribution is 0.0729. The summed E-state index contributed by atoms with van der Waals surface area (Å²) in [5, 5.41) is 0. The second-order valence-electron chi connectivity index (χ2n) is 6.57. The van der Waals surface area contributed by atoms with Crippen molar-refractivity contribution in [1.82, 2.24) is 4.90 Å². The van der Waals surface area contributed by atoms with Gasteiger partial charge in [-0.15, -0.1) is 0 Å². The van der Waals surface area contributed by atoms with Gasteiger partial charge in [0.1, 0.15) is 0 Å². The predicted molar refractivity (Wildman–Crippen MR) is 97.8 cm³/mol. The van der Waals surface area contributed by atoms with Crippen molar-refractivity contribution < 1.29 is 4.79 Å². The summed E-state index contributed by atoms with van der Waals surface area (Å²) >= 11 is 0. The zero-order valence-electron chi connectivity index (χ0n) is 14.2. The fraction of sp³-hybridized carbons (Fsp3) is 0.381. The lowest BCUT2D eigenvalue weighted by Gasteiger charge is -2.25. The maximum absolute atomic E-state index is 12.8. The van der Waals surface area contributed by atoms with Crippen LogP contribution in [0.25, 0.3) is 0 Å². The molecule has 2 N–H and O–H groups in total. The van der Waals surface area contributed by atoms with Gasteiger partial charge in [0.25, 0.3) is 5.91 Å². The third-order valence-corrected chi connectivity index (χ3v) is 4.92. The first kappa shape index (κ1) is 16.7. The van der Waals surface area contributed by atoms with Gasteiger partial charge < -0.3 is 10.6 Å². The largest absolute Gasteiger partial charge is 0.336 e. The van der Waals surface area contributed by atoms with Crippen molar-refractivity contribution in [3.05, 3.63) is 71.3 Å². The molecule has 24 heavy (non-hydrogen) atoms. The number of carbonyl (C=O) groups is 1. The highest BCUT2D eigenvalue weighted by atomic mass is 16.2. The van der Waals surface area contributed by atoms with Crippen LogP contribution in [0, 0.1) is 0 Å². The lowest BCUT2D eigenvalue weighted by Crippen LogP contribution is -2.35. The molecule has 1 amide bonds. The predicted octanol–water partition coefficient (Wildman–Crippen LogP) is 3.77. The molecule has 2 aromatic rings. The maximum atomic E-state index is 12.8. The van der Waals surface area contributed by atoms with E-state index >= 15 is 0 Å². The Bertz CT molecular complexity index is 651. The van der Waals surface area contributed by atoms with E-state index in [1.54, 1.807) is 0 Å². The van der Waals surface area contributed by atoms with Crippen LogP contribution in [0.2, 0.25) is 0 Å². The molecule has 1 unspecified atom stereocenters. The molecular weight excluding hydrogens is 296 g/mol. The average molecular weight is 322 g/mol. The van der Waals surface area contributed by atoms with Gasteiger partial charge in [-0.05, 0) is 55.4 Å². The number of rotatable bonds is 6. The van der Waals surface area contributed by atoms with E-state index < -0.39 is 0 Å². The lowest BCUT2D eigenvalue weighted by atomic mass is 10.0. The molecule has 1 aliphatic heterocycles. The smallest absolute Gasteiger partial charge is 0.254 e.